The van der Waals surface area contributed by atoms with Gasteiger partial charge in [0.1, 0.15) is 18.0 Å². The summed E-state index contributed by atoms with van der Waals surface area (Å²) in [6.45, 7) is 2.26. The van der Waals surface area contributed by atoms with Crippen molar-refractivity contribution in [2.45, 2.75) is 32.0 Å². The number of aliphatic hydroxyl groups excluding tert-OH is 1. The minimum atomic E-state index is -0.000696. The van der Waals surface area contributed by atoms with Gasteiger partial charge in [-0.3, -0.25) is 4.79 Å². The lowest BCUT2D eigenvalue weighted by Gasteiger charge is -2.24. The number of rotatable bonds is 7. The first-order valence-corrected chi connectivity index (χ1v) is 9.89. The van der Waals surface area contributed by atoms with E-state index in [2.05, 4.69) is 32.3 Å². The van der Waals surface area contributed by atoms with Crippen molar-refractivity contribution < 1.29 is 5.11 Å². The van der Waals surface area contributed by atoms with E-state index in [0.717, 1.165) is 42.1 Å². The molecule has 3 aromatic rings. The average Bonchev–Trinajstić information content (AvgIpc) is 3.24. The highest BCUT2D eigenvalue weighted by Gasteiger charge is 2.25. The fraction of sp³-hybridized carbons (Fsp3) is 0.318. The van der Waals surface area contributed by atoms with E-state index in [0.29, 0.717) is 13.1 Å². The van der Waals surface area contributed by atoms with Crippen LogP contribution in [0.1, 0.15) is 24.0 Å². The van der Waals surface area contributed by atoms with Gasteiger partial charge in [-0.05, 0) is 30.0 Å². The topological polar surface area (TPSA) is 83.3 Å². The first-order chi connectivity index (χ1) is 14.2. The standard InChI is InChI=1S/C22H25N5O2/c28-15-19-4-3-11-27(19)21-12-20(24-16-25-21)23-13-17-6-8-18(9-7-17)14-26-10-2-1-5-22(26)29/h1-2,5-10,12,16,19,28H,3-4,11,13-15H2,(H,23,24,25). The second kappa shape index (κ2) is 8.87. The lowest BCUT2D eigenvalue weighted by Crippen LogP contribution is -2.32. The predicted octanol–water partition coefficient (Wildman–Crippen LogP) is 2.26. The summed E-state index contributed by atoms with van der Waals surface area (Å²) in [5.41, 5.74) is 2.21. The molecule has 1 unspecified atom stereocenters. The SMILES string of the molecule is O=c1ccccn1Cc1ccc(CNc2cc(N3CCCC3CO)ncn2)cc1. The number of hydrogen-bond acceptors (Lipinski definition) is 6. The highest BCUT2D eigenvalue weighted by atomic mass is 16.3. The van der Waals surface area contributed by atoms with Crippen molar-refractivity contribution in [2.24, 2.45) is 0 Å². The first-order valence-electron chi connectivity index (χ1n) is 9.89. The molecule has 0 spiro atoms. The molecule has 0 bridgehead atoms. The Labute approximate surface area is 169 Å². The summed E-state index contributed by atoms with van der Waals surface area (Å²) in [5.74, 6) is 1.61. The Kier molecular flexibility index (Phi) is 5.86. The quantitative estimate of drug-likeness (QED) is 0.643. The highest BCUT2D eigenvalue weighted by molar-refractivity contribution is 5.50. The van der Waals surface area contributed by atoms with Gasteiger partial charge in [0.25, 0.3) is 5.56 Å². The second-order valence-electron chi connectivity index (χ2n) is 7.27. The van der Waals surface area contributed by atoms with Crippen LogP contribution in [0.2, 0.25) is 0 Å². The molecule has 29 heavy (non-hydrogen) atoms. The van der Waals surface area contributed by atoms with Crippen molar-refractivity contribution in [1.82, 2.24) is 14.5 Å². The molecule has 2 aromatic heterocycles. The third-order valence-electron chi connectivity index (χ3n) is 5.28. The van der Waals surface area contributed by atoms with Gasteiger partial charge < -0.3 is 19.9 Å². The molecule has 1 aromatic carbocycles. The van der Waals surface area contributed by atoms with Crippen molar-refractivity contribution in [3.8, 4) is 0 Å². The van der Waals surface area contributed by atoms with Crippen LogP contribution in [0.3, 0.4) is 0 Å². The lowest BCUT2D eigenvalue weighted by atomic mass is 10.1. The monoisotopic (exact) mass is 391 g/mol. The maximum absolute atomic E-state index is 11.8. The van der Waals surface area contributed by atoms with Crippen LogP contribution in [0.25, 0.3) is 0 Å². The molecule has 0 amide bonds. The Hall–Kier alpha value is -3.19. The summed E-state index contributed by atoms with van der Waals surface area (Å²) >= 11 is 0. The summed E-state index contributed by atoms with van der Waals surface area (Å²) < 4.78 is 1.69. The number of anilines is 2. The number of pyridine rings is 1. The van der Waals surface area contributed by atoms with E-state index in [1.165, 1.54) is 0 Å². The summed E-state index contributed by atoms with van der Waals surface area (Å²) in [5, 5.41) is 12.9. The smallest absolute Gasteiger partial charge is 0.250 e. The molecule has 150 valence electrons. The molecular weight excluding hydrogens is 366 g/mol. The summed E-state index contributed by atoms with van der Waals surface area (Å²) in [6.07, 6.45) is 5.42. The Morgan fingerprint density at radius 1 is 1.10 bits per heavy atom. The number of benzene rings is 1. The van der Waals surface area contributed by atoms with Crippen LogP contribution >= 0.6 is 0 Å². The van der Waals surface area contributed by atoms with E-state index < -0.39 is 0 Å². The van der Waals surface area contributed by atoms with Gasteiger partial charge in [0.2, 0.25) is 0 Å². The molecule has 2 N–H and O–H groups in total. The van der Waals surface area contributed by atoms with E-state index in [-0.39, 0.29) is 18.2 Å². The van der Waals surface area contributed by atoms with Crippen LogP contribution in [0.5, 0.6) is 0 Å². The molecule has 0 radical (unpaired) electrons. The van der Waals surface area contributed by atoms with Crippen LogP contribution in [0.15, 0.2) is 65.8 Å². The number of hydrogen-bond donors (Lipinski definition) is 2. The second-order valence-corrected chi connectivity index (χ2v) is 7.27. The maximum atomic E-state index is 11.8. The van der Waals surface area contributed by atoms with Gasteiger partial charge in [-0.25, -0.2) is 9.97 Å². The van der Waals surface area contributed by atoms with Gasteiger partial charge in [0.15, 0.2) is 0 Å². The van der Waals surface area contributed by atoms with Gasteiger partial charge in [0, 0.05) is 31.4 Å². The summed E-state index contributed by atoms with van der Waals surface area (Å²) in [7, 11) is 0. The van der Waals surface area contributed by atoms with Gasteiger partial charge in [0.05, 0.1) is 19.2 Å². The van der Waals surface area contributed by atoms with E-state index in [1.54, 1.807) is 29.2 Å². The lowest BCUT2D eigenvalue weighted by molar-refractivity contribution is 0.266. The van der Waals surface area contributed by atoms with E-state index in [1.807, 2.05) is 24.3 Å². The molecule has 0 aliphatic carbocycles. The zero-order valence-electron chi connectivity index (χ0n) is 16.2. The van der Waals surface area contributed by atoms with Crippen LogP contribution in [0, 0.1) is 0 Å². The minimum Gasteiger partial charge on any atom is -0.394 e. The van der Waals surface area contributed by atoms with E-state index >= 15 is 0 Å². The summed E-state index contributed by atoms with van der Waals surface area (Å²) in [6, 6.07) is 15.4. The zero-order chi connectivity index (χ0) is 20.1. The van der Waals surface area contributed by atoms with Crippen molar-refractivity contribution >= 4 is 11.6 Å². The molecule has 7 nitrogen and oxygen atoms in total. The number of nitrogens with zero attached hydrogens (tertiary/aromatic N) is 4. The molecule has 1 aliphatic heterocycles. The first kappa shape index (κ1) is 19.1. The van der Waals surface area contributed by atoms with Crippen molar-refractivity contribution in [2.75, 3.05) is 23.4 Å². The normalized spacial score (nSPS) is 16.2. The minimum absolute atomic E-state index is 0.000696. The molecule has 3 heterocycles. The van der Waals surface area contributed by atoms with Crippen LogP contribution in [-0.2, 0) is 13.1 Å². The third kappa shape index (κ3) is 4.63. The summed E-state index contributed by atoms with van der Waals surface area (Å²) in [4.78, 5) is 22.7. The van der Waals surface area contributed by atoms with E-state index in [9.17, 15) is 9.90 Å². The van der Waals surface area contributed by atoms with Gasteiger partial charge >= 0.3 is 0 Å². The van der Waals surface area contributed by atoms with Crippen LogP contribution in [0.4, 0.5) is 11.6 Å². The average molecular weight is 391 g/mol. The fourth-order valence-electron chi connectivity index (χ4n) is 3.67. The molecule has 1 fully saturated rings. The maximum Gasteiger partial charge on any atom is 0.250 e. The Balaban J connectivity index is 1.37. The molecule has 7 heteroatoms. The molecule has 0 saturated carbocycles. The number of nitrogens with one attached hydrogen (secondary N) is 1. The molecule has 1 aliphatic rings. The van der Waals surface area contributed by atoms with Crippen LogP contribution in [-0.4, -0.2) is 38.8 Å². The highest BCUT2D eigenvalue weighted by Crippen LogP contribution is 2.24. The molecule has 1 saturated heterocycles. The van der Waals surface area contributed by atoms with Crippen molar-refractivity contribution in [1.29, 1.82) is 0 Å². The van der Waals surface area contributed by atoms with E-state index in [4.69, 9.17) is 0 Å². The largest absolute Gasteiger partial charge is 0.394 e. The third-order valence-corrected chi connectivity index (χ3v) is 5.28. The molecular formula is C22H25N5O2. The predicted molar refractivity (Wildman–Crippen MR) is 113 cm³/mol. The van der Waals surface area contributed by atoms with Gasteiger partial charge in [-0.1, -0.05) is 30.3 Å². The Morgan fingerprint density at radius 2 is 1.93 bits per heavy atom. The van der Waals surface area contributed by atoms with Gasteiger partial charge in [-0.2, -0.15) is 0 Å². The fourth-order valence-corrected chi connectivity index (χ4v) is 3.67. The number of aliphatic hydroxyl groups is 1. The van der Waals surface area contributed by atoms with Crippen molar-refractivity contribution in [3.63, 3.8) is 0 Å². The van der Waals surface area contributed by atoms with Crippen LogP contribution < -0.4 is 15.8 Å². The Morgan fingerprint density at radius 3 is 2.72 bits per heavy atom. The molecule has 1 atom stereocenters. The zero-order valence-corrected chi connectivity index (χ0v) is 16.2. The Bertz CT molecular complexity index is 1000. The molecule has 4 rings (SSSR count). The number of aromatic nitrogens is 3. The van der Waals surface area contributed by atoms with Gasteiger partial charge in [-0.15, -0.1) is 0 Å². The van der Waals surface area contributed by atoms with Crippen molar-refractivity contribution in [3.05, 3.63) is 82.5 Å².